The zero-order valence-corrected chi connectivity index (χ0v) is 46.1. The van der Waals surface area contributed by atoms with Gasteiger partial charge in [-0.3, -0.25) is 28.8 Å². The standard InChI is InChI=1S/C49H47N13O8S6/c1-21(2)35-49-62-38(31(76-49)16-70-6)42(68)51-15-34(65)59-39(40(66)24-10-8-7-9-11-24)48-57-30(19-73-48)46-55-28(17-72-46)37-25(12-13-26(53-37)45-58-32(20-74-45)52-23(4)63)44-56-29(18-71-44)41(67)54-27(14-33(64)50-5)47-61-36(22(3)75-47)43(69)60-35/h7-13,17-21,27,35,39-40,66H,14-16H2,1-6H3,(H,50,64)(H,51,68)(H,52,63)(H,54,67)(H,59,65)(H,60,69)/t27-,35?,39-,40-/m0/s1. The maximum Gasteiger partial charge on any atom is 0.271 e. The minimum atomic E-state index is -1.26. The Labute approximate surface area is 458 Å². The van der Waals surface area contributed by atoms with E-state index in [2.05, 4.69) is 46.9 Å². The van der Waals surface area contributed by atoms with E-state index in [1.54, 1.807) is 70.9 Å². The first-order valence-corrected chi connectivity index (χ1v) is 28.4. The minimum absolute atomic E-state index is 0.00670. The molecule has 392 valence electrons. The maximum absolute atomic E-state index is 14.2. The van der Waals surface area contributed by atoms with Gasteiger partial charge >= 0.3 is 0 Å². The predicted molar refractivity (Wildman–Crippen MR) is 291 cm³/mol. The van der Waals surface area contributed by atoms with Gasteiger partial charge in [0.15, 0.2) is 0 Å². The van der Waals surface area contributed by atoms with Crippen molar-refractivity contribution in [1.29, 1.82) is 0 Å². The molecule has 27 heteroatoms. The number of amides is 6. The second kappa shape index (κ2) is 23.4. The number of anilines is 1. The molecule has 1 aromatic carbocycles. The summed E-state index contributed by atoms with van der Waals surface area (Å²) in [5, 5.41) is 38.0. The fourth-order valence-electron chi connectivity index (χ4n) is 7.82. The molecule has 8 heterocycles. The van der Waals surface area contributed by atoms with Gasteiger partial charge in [0.1, 0.15) is 82.2 Å². The number of aliphatic hydroxyl groups excluding tert-OH is 1. The van der Waals surface area contributed by atoms with Crippen LogP contribution in [0.4, 0.5) is 5.82 Å². The summed E-state index contributed by atoms with van der Waals surface area (Å²) in [4.78, 5) is 116. The van der Waals surface area contributed by atoms with E-state index in [0.29, 0.717) is 79.5 Å². The van der Waals surface area contributed by atoms with Gasteiger partial charge in [-0.25, -0.2) is 34.9 Å². The van der Waals surface area contributed by atoms with Crippen LogP contribution < -0.4 is 31.9 Å². The van der Waals surface area contributed by atoms with Crippen LogP contribution in [-0.4, -0.2) is 96.1 Å². The van der Waals surface area contributed by atoms with Crippen LogP contribution in [0.5, 0.6) is 0 Å². The van der Waals surface area contributed by atoms with Crippen LogP contribution in [0.3, 0.4) is 0 Å². The number of methoxy groups -OCH3 is 1. The number of thiazole rings is 6. The third-order valence-electron chi connectivity index (χ3n) is 11.6. The van der Waals surface area contributed by atoms with Crippen molar-refractivity contribution in [2.45, 2.75) is 65.0 Å². The number of fused-ring (bicyclic) bond motifs is 14. The molecule has 7 aromatic heterocycles. The van der Waals surface area contributed by atoms with E-state index in [1.165, 1.54) is 77.8 Å². The number of pyridine rings is 1. The van der Waals surface area contributed by atoms with Crippen molar-refractivity contribution in [3.05, 3.63) is 111 Å². The quantitative estimate of drug-likeness (QED) is 0.0748. The molecule has 7 N–H and O–H groups in total. The van der Waals surface area contributed by atoms with E-state index >= 15 is 0 Å². The van der Waals surface area contributed by atoms with E-state index in [1.807, 2.05) is 13.8 Å². The second-order valence-corrected chi connectivity index (χ2v) is 23.2. The number of nitrogens with one attached hydrogen (secondary N) is 6. The number of hydrogen-bond acceptors (Lipinski definition) is 21. The molecule has 76 heavy (non-hydrogen) atoms. The summed E-state index contributed by atoms with van der Waals surface area (Å²) in [7, 11) is 2.95. The number of nitrogens with zero attached hydrogens (tertiary/aromatic N) is 7. The monoisotopic (exact) mass is 1140 g/mol. The number of aliphatic hydroxyl groups is 1. The maximum atomic E-state index is 14.2. The number of rotatable bonds is 9. The first-order chi connectivity index (χ1) is 36.6. The smallest absolute Gasteiger partial charge is 0.271 e. The van der Waals surface area contributed by atoms with Crippen LogP contribution in [0.2, 0.25) is 0 Å². The summed E-state index contributed by atoms with van der Waals surface area (Å²) in [6.45, 7) is 6.39. The van der Waals surface area contributed by atoms with E-state index < -0.39 is 54.4 Å². The molecule has 0 radical (unpaired) electrons. The third-order valence-corrected chi connectivity index (χ3v) is 17.3. The van der Waals surface area contributed by atoms with Gasteiger partial charge in [-0.2, -0.15) is 0 Å². The first-order valence-electron chi connectivity index (χ1n) is 23.3. The molecule has 0 fully saturated rings. The highest BCUT2D eigenvalue weighted by Crippen LogP contribution is 2.40. The number of carbonyl (C=O) groups excluding carboxylic acids is 6. The van der Waals surface area contributed by atoms with Crippen LogP contribution in [-0.2, 0) is 25.7 Å². The van der Waals surface area contributed by atoms with Crippen molar-refractivity contribution >= 4 is 109 Å². The number of aryl methyl sites for hydroxylation is 1. The highest BCUT2D eigenvalue weighted by Gasteiger charge is 2.33. The Bertz CT molecular complexity index is 3470. The lowest BCUT2D eigenvalue weighted by Gasteiger charge is -2.23. The first kappa shape index (κ1) is 53.7. The number of benzene rings is 1. The Morgan fingerprint density at radius 3 is 2.17 bits per heavy atom. The topological polar surface area (TPSA) is 294 Å². The molecule has 0 saturated heterocycles. The zero-order chi connectivity index (χ0) is 53.8. The third kappa shape index (κ3) is 11.9. The van der Waals surface area contributed by atoms with Gasteiger partial charge in [0.25, 0.3) is 17.7 Å². The van der Waals surface area contributed by atoms with Crippen LogP contribution in [0.25, 0.3) is 43.4 Å². The molecule has 10 bridgehead atoms. The molecular formula is C49H47N13O8S6. The van der Waals surface area contributed by atoms with E-state index in [-0.39, 0.29) is 47.8 Å². The highest BCUT2D eigenvalue weighted by molar-refractivity contribution is 7.15. The molecule has 21 nitrogen and oxygen atoms in total. The van der Waals surface area contributed by atoms with Crippen LogP contribution in [0.15, 0.2) is 64.0 Å². The van der Waals surface area contributed by atoms with Crippen LogP contribution in [0, 0.1) is 12.8 Å². The van der Waals surface area contributed by atoms with Crippen molar-refractivity contribution in [2.75, 3.05) is 26.0 Å². The number of ether oxygens (including phenoxy) is 1. The highest BCUT2D eigenvalue weighted by atomic mass is 32.1. The summed E-state index contributed by atoms with van der Waals surface area (Å²) in [6.07, 6.45) is -1.46. The summed E-state index contributed by atoms with van der Waals surface area (Å²) in [5.74, 6) is -2.97. The van der Waals surface area contributed by atoms with Gasteiger partial charge in [0.2, 0.25) is 17.7 Å². The van der Waals surface area contributed by atoms with E-state index in [9.17, 15) is 33.9 Å². The largest absolute Gasteiger partial charge is 0.386 e. The van der Waals surface area contributed by atoms with E-state index in [0.717, 1.165) is 11.3 Å². The van der Waals surface area contributed by atoms with Crippen molar-refractivity contribution in [3.63, 3.8) is 0 Å². The fraction of sp³-hybridized carbons (Fsp3) is 0.286. The van der Waals surface area contributed by atoms with Gasteiger partial charge in [-0.1, -0.05) is 44.2 Å². The van der Waals surface area contributed by atoms with Crippen molar-refractivity contribution in [1.82, 2.24) is 61.5 Å². The zero-order valence-electron chi connectivity index (χ0n) is 41.2. The molecule has 1 unspecified atom stereocenters. The Hall–Kier alpha value is -7.11. The second-order valence-electron chi connectivity index (χ2n) is 17.4. The number of carbonyl (C=O) groups is 6. The minimum Gasteiger partial charge on any atom is -0.386 e. The Balaban J connectivity index is 1.13. The molecule has 0 saturated carbocycles. The summed E-state index contributed by atoms with van der Waals surface area (Å²) in [6, 6.07) is 9.62. The molecule has 4 atom stereocenters. The molecule has 0 spiro atoms. The van der Waals surface area contributed by atoms with Gasteiger partial charge in [-0.05, 0) is 30.5 Å². The van der Waals surface area contributed by atoms with Crippen molar-refractivity contribution in [3.8, 4) is 43.4 Å². The van der Waals surface area contributed by atoms with Gasteiger partial charge in [0, 0.05) is 53.0 Å². The average Bonchev–Trinajstić information content (AvgIpc) is 4.28. The normalized spacial score (nSPS) is 16.8. The lowest BCUT2D eigenvalue weighted by atomic mass is 10.0. The Morgan fingerprint density at radius 1 is 0.711 bits per heavy atom. The Kier molecular flexibility index (Phi) is 16.5. The molecular weight excluding hydrogens is 1090 g/mol. The molecule has 8 aromatic rings. The molecule has 0 aliphatic carbocycles. The molecule has 6 amide bonds. The van der Waals surface area contributed by atoms with Crippen molar-refractivity contribution in [2.24, 2.45) is 5.92 Å². The molecule has 1 aliphatic rings. The summed E-state index contributed by atoms with van der Waals surface area (Å²) < 4.78 is 5.44. The van der Waals surface area contributed by atoms with Gasteiger partial charge in [0.05, 0.1) is 42.2 Å². The summed E-state index contributed by atoms with van der Waals surface area (Å²) in [5.41, 5.74) is 2.92. The van der Waals surface area contributed by atoms with Gasteiger partial charge in [-0.15, -0.1) is 68.0 Å². The SMILES string of the molecule is CNC(=O)C[C@@H]1NC(=O)c2csc(n2)-c2ccc(-c3nc(NC(C)=O)cs3)nc2-c2csc(n2)-c2csc(n2)[C@H]([C@@H](O)c2ccccc2)NC(=O)CNC(=O)c2nc(sc2COC)C(C(C)C)NC(=O)c2nc1sc2C. The molecule has 9 rings (SSSR count). The van der Waals surface area contributed by atoms with Gasteiger partial charge < -0.3 is 41.7 Å². The lowest BCUT2D eigenvalue weighted by Crippen LogP contribution is -2.40. The Morgan fingerprint density at radius 2 is 1.42 bits per heavy atom. The fourth-order valence-corrected chi connectivity index (χ4v) is 13.3. The predicted octanol–water partition coefficient (Wildman–Crippen LogP) is 7.27. The van der Waals surface area contributed by atoms with Crippen LogP contribution >= 0.6 is 68.0 Å². The van der Waals surface area contributed by atoms with Crippen LogP contribution in [0.1, 0.15) is 113 Å². The number of hydrogen-bond donors (Lipinski definition) is 7. The molecule has 1 aliphatic heterocycles. The lowest BCUT2D eigenvalue weighted by molar-refractivity contribution is -0.122. The van der Waals surface area contributed by atoms with E-state index in [4.69, 9.17) is 24.7 Å². The average molecular weight is 1140 g/mol. The van der Waals surface area contributed by atoms with Crippen molar-refractivity contribution < 1.29 is 38.6 Å². The number of aromatic nitrogens is 7. The summed E-state index contributed by atoms with van der Waals surface area (Å²) >= 11 is 7.28.